The van der Waals surface area contributed by atoms with Gasteiger partial charge in [0.15, 0.2) is 11.1 Å². The number of aliphatic hydroxyl groups excluding tert-OH is 1. The van der Waals surface area contributed by atoms with E-state index in [0.717, 1.165) is 42.6 Å². The van der Waals surface area contributed by atoms with E-state index in [1.54, 1.807) is 11.3 Å². The molecule has 0 spiro atoms. The Bertz CT molecular complexity index is 714. The molecule has 2 heterocycles. The van der Waals surface area contributed by atoms with Crippen molar-refractivity contribution in [2.45, 2.75) is 13.0 Å². The number of benzene rings is 1. The van der Waals surface area contributed by atoms with Crippen molar-refractivity contribution in [1.82, 2.24) is 9.88 Å². The molecule has 26 heavy (non-hydrogen) atoms. The van der Waals surface area contributed by atoms with Gasteiger partial charge in [0.1, 0.15) is 18.5 Å². The number of nitrogens with zero attached hydrogens (tertiary/aromatic N) is 4. The number of thiazole rings is 1. The number of aromatic nitrogens is 1. The molecule has 2 aromatic rings. The Morgan fingerprint density at radius 2 is 2.19 bits per heavy atom. The zero-order valence-corrected chi connectivity index (χ0v) is 15.7. The number of guanidine groups is 1. The molecule has 7 nitrogen and oxygen atoms in total. The predicted octanol–water partition coefficient (Wildman–Crippen LogP) is 1.33. The third-order valence-electron chi connectivity index (χ3n) is 4.19. The van der Waals surface area contributed by atoms with E-state index in [0.29, 0.717) is 5.96 Å². The summed E-state index contributed by atoms with van der Waals surface area (Å²) in [5.74, 6) is 1.22. The second kappa shape index (κ2) is 8.86. The number of rotatable bonds is 6. The van der Waals surface area contributed by atoms with Crippen LogP contribution in [0.3, 0.4) is 0 Å². The minimum atomic E-state index is -0.689. The lowest BCUT2D eigenvalue weighted by Crippen LogP contribution is -2.51. The van der Waals surface area contributed by atoms with E-state index in [2.05, 4.69) is 14.9 Å². The van der Waals surface area contributed by atoms with Crippen molar-refractivity contribution in [2.75, 3.05) is 44.2 Å². The average Bonchev–Trinajstić information content (AvgIpc) is 3.19. The second-order valence-electron chi connectivity index (χ2n) is 6.27. The maximum Gasteiger partial charge on any atom is 0.191 e. The molecule has 8 heteroatoms. The number of nitrogens with two attached hydrogens (primary N) is 1. The van der Waals surface area contributed by atoms with Crippen LogP contribution in [0, 0.1) is 6.92 Å². The summed E-state index contributed by atoms with van der Waals surface area (Å²) in [6, 6.07) is 7.74. The predicted molar refractivity (Wildman–Crippen MR) is 105 cm³/mol. The van der Waals surface area contributed by atoms with Gasteiger partial charge in [0.05, 0.1) is 6.54 Å². The number of hydrogen-bond acceptors (Lipinski definition) is 6. The lowest BCUT2D eigenvalue weighted by molar-refractivity contribution is 0.114. The van der Waals surface area contributed by atoms with Gasteiger partial charge in [0, 0.05) is 37.8 Å². The number of aliphatic imine (C=N–C) groups is 1. The van der Waals surface area contributed by atoms with E-state index in [9.17, 15) is 5.11 Å². The fraction of sp³-hybridized carbons (Fsp3) is 0.444. The van der Waals surface area contributed by atoms with E-state index in [4.69, 9.17) is 10.5 Å². The summed E-state index contributed by atoms with van der Waals surface area (Å²) < 4.78 is 5.60. The third kappa shape index (κ3) is 5.09. The van der Waals surface area contributed by atoms with Crippen molar-refractivity contribution < 1.29 is 9.84 Å². The van der Waals surface area contributed by atoms with E-state index in [-0.39, 0.29) is 13.2 Å². The van der Waals surface area contributed by atoms with Crippen molar-refractivity contribution in [3.05, 3.63) is 41.4 Å². The van der Waals surface area contributed by atoms with Gasteiger partial charge in [-0.1, -0.05) is 12.1 Å². The summed E-state index contributed by atoms with van der Waals surface area (Å²) in [7, 11) is 0. The molecule has 1 fully saturated rings. The molecule has 1 aromatic heterocycles. The Labute approximate surface area is 157 Å². The summed E-state index contributed by atoms with van der Waals surface area (Å²) >= 11 is 1.65. The molecule has 1 saturated heterocycles. The fourth-order valence-electron chi connectivity index (χ4n) is 2.75. The summed E-state index contributed by atoms with van der Waals surface area (Å²) in [5, 5.41) is 13.1. The molecule has 1 unspecified atom stereocenters. The van der Waals surface area contributed by atoms with Crippen LogP contribution in [0.25, 0.3) is 0 Å². The minimum absolute atomic E-state index is 0.193. The Morgan fingerprint density at radius 1 is 1.38 bits per heavy atom. The van der Waals surface area contributed by atoms with Crippen molar-refractivity contribution in [3.63, 3.8) is 0 Å². The van der Waals surface area contributed by atoms with Crippen LogP contribution in [0.15, 0.2) is 40.8 Å². The highest BCUT2D eigenvalue weighted by Gasteiger charge is 2.20. The molecule has 0 amide bonds. The van der Waals surface area contributed by atoms with E-state index in [1.807, 2.05) is 47.7 Å². The van der Waals surface area contributed by atoms with Gasteiger partial charge in [-0.3, -0.25) is 4.99 Å². The van der Waals surface area contributed by atoms with Gasteiger partial charge in [-0.2, -0.15) is 0 Å². The standard InChI is InChI=1S/C18H25N5O2S/c1-14-3-2-4-16(11-14)25-13-15(24)12-21-17(19)22-6-8-23(9-7-22)18-20-5-10-26-18/h2-5,10-11,15,24H,6-9,12-13H2,1H3,(H2,19,21). The maximum absolute atomic E-state index is 10.1. The van der Waals surface area contributed by atoms with E-state index < -0.39 is 6.10 Å². The summed E-state index contributed by atoms with van der Waals surface area (Å²) in [5.41, 5.74) is 7.20. The number of aliphatic hydroxyl groups is 1. The first-order chi connectivity index (χ1) is 12.6. The molecular weight excluding hydrogens is 350 g/mol. The zero-order valence-electron chi connectivity index (χ0n) is 14.9. The highest BCUT2D eigenvalue weighted by atomic mass is 32.1. The van der Waals surface area contributed by atoms with Crippen molar-refractivity contribution in [3.8, 4) is 5.75 Å². The minimum Gasteiger partial charge on any atom is -0.491 e. The Balaban J connectivity index is 1.41. The molecule has 0 saturated carbocycles. The molecule has 1 aromatic carbocycles. The highest BCUT2D eigenvalue weighted by molar-refractivity contribution is 7.13. The normalized spacial score (nSPS) is 16.6. The van der Waals surface area contributed by atoms with Crippen LogP contribution < -0.4 is 15.4 Å². The molecule has 1 atom stereocenters. The number of anilines is 1. The molecule has 1 aliphatic heterocycles. The molecule has 1 aliphatic rings. The van der Waals surface area contributed by atoms with Gasteiger partial charge < -0.3 is 25.4 Å². The fourth-order valence-corrected chi connectivity index (χ4v) is 3.44. The molecular formula is C18H25N5O2S. The number of hydrogen-bond donors (Lipinski definition) is 2. The second-order valence-corrected chi connectivity index (χ2v) is 7.14. The van der Waals surface area contributed by atoms with Gasteiger partial charge in [-0.15, -0.1) is 11.3 Å². The summed E-state index contributed by atoms with van der Waals surface area (Å²) in [6.07, 6.45) is 1.13. The van der Waals surface area contributed by atoms with Crippen LogP contribution in [0.4, 0.5) is 5.13 Å². The smallest absolute Gasteiger partial charge is 0.191 e. The van der Waals surface area contributed by atoms with Gasteiger partial charge in [-0.25, -0.2) is 4.98 Å². The summed E-state index contributed by atoms with van der Waals surface area (Å²) in [6.45, 7) is 5.74. The first-order valence-corrected chi connectivity index (χ1v) is 9.56. The first-order valence-electron chi connectivity index (χ1n) is 8.68. The highest BCUT2D eigenvalue weighted by Crippen LogP contribution is 2.18. The quantitative estimate of drug-likeness (QED) is 0.585. The lowest BCUT2D eigenvalue weighted by Gasteiger charge is -2.35. The molecule has 3 N–H and O–H groups in total. The van der Waals surface area contributed by atoms with Gasteiger partial charge in [0.25, 0.3) is 0 Å². The average molecular weight is 375 g/mol. The van der Waals surface area contributed by atoms with Crippen LogP contribution in [0.1, 0.15) is 5.56 Å². The zero-order chi connectivity index (χ0) is 18.4. The van der Waals surface area contributed by atoms with Crippen molar-refractivity contribution in [2.24, 2.45) is 10.7 Å². The molecule has 0 bridgehead atoms. The van der Waals surface area contributed by atoms with Crippen LogP contribution in [0.5, 0.6) is 5.75 Å². The van der Waals surface area contributed by atoms with Crippen molar-refractivity contribution in [1.29, 1.82) is 0 Å². The molecule has 0 radical (unpaired) electrons. The topological polar surface area (TPSA) is 87.2 Å². The molecule has 140 valence electrons. The van der Waals surface area contributed by atoms with E-state index >= 15 is 0 Å². The number of aryl methyl sites for hydroxylation is 1. The third-order valence-corrected chi connectivity index (χ3v) is 5.02. The number of piperazine rings is 1. The monoisotopic (exact) mass is 375 g/mol. The van der Waals surface area contributed by atoms with Gasteiger partial charge in [0.2, 0.25) is 0 Å². The van der Waals surface area contributed by atoms with Gasteiger partial charge >= 0.3 is 0 Å². The lowest BCUT2D eigenvalue weighted by atomic mass is 10.2. The van der Waals surface area contributed by atoms with Crippen LogP contribution in [-0.2, 0) is 0 Å². The maximum atomic E-state index is 10.1. The molecule has 0 aliphatic carbocycles. The van der Waals surface area contributed by atoms with Crippen LogP contribution >= 0.6 is 11.3 Å². The SMILES string of the molecule is Cc1cccc(OCC(O)CN=C(N)N2CCN(c3nccs3)CC2)c1. The van der Waals surface area contributed by atoms with Crippen LogP contribution in [-0.4, -0.2) is 66.4 Å². The largest absolute Gasteiger partial charge is 0.491 e. The van der Waals surface area contributed by atoms with Crippen molar-refractivity contribution >= 4 is 22.4 Å². The number of ether oxygens (including phenoxy) is 1. The molecule has 3 rings (SSSR count). The van der Waals surface area contributed by atoms with Crippen LogP contribution in [0.2, 0.25) is 0 Å². The van der Waals surface area contributed by atoms with Gasteiger partial charge in [-0.05, 0) is 24.6 Å². The first kappa shape index (κ1) is 18.5. The Morgan fingerprint density at radius 3 is 2.88 bits per heavy atom. The van der Waals surface area contributed by atoms with E-state index in [1.165, 1.54) is 0 Å². The Hall–Kier alpha value is -2.32. The Kier molecular flexibility index (Phi) is 6.30. The summed E-state index contributed by atoms with van der Waals surface area (Å²) in [4.78, 5) is 13.0.